The number of halogens is 1. The summed E-state index contributed by atoms with van der Waals surface area (Å²) in [7, 11) is 0. The average Bonchev–Trinajstić information content (AvgIpc) is 3.25. The van der Waals surface area contributed by atoms with Crippen LogP contribution < -0.4 is 5.32 Å². The van der Waals surface area contributed by atoms with Crippen LogP contribution in [0.4, 0.5) is 10.1 Å². The first kappa shape index (κ1) is 19.8. The highest BCUT2D eigenvalue weighted by atomic mass is 32.2. The summed E-state index contributed by atoms with van der Waals surface area (Å²) in [6.07, 6.45) is 1.64. The summed E-state index contributed by atoms with van der Waals surface area (Å²) >= 11 is 1.25. The van der Waals surface area contributed by atoms with Gasteiger partial charge in [0.2, 0.25) is 11.7 Å². The topological polar surface area (TPSA) is 80.9 Å². The van der Waals surface area contributed by atoms with Crippen molar-refractivity contribution in [3.05, 3.63) is 78.2 Å². The highest BCUT2D eigenvalue weighted by Gasteiger charge is 2.16. The second-order valence-corrected chi connectivity index (χ2v) is 7.45. The Morgan fingerprint density at radius 3 is 2.63 bits per heavy atom. The fourth-order valence-electron chi connectivity index (χ4n) is 2.69. The maximum absolute atomic E-state index is 13.0. The number of hydrogen-bond donors (Lipinski definition) is 1. The van der Waals surface area contributed by atoms with Crippen LogP contribution in [0.5, 0.6) is 0 Å². The lowest BCUT2D eigenvalue weighted by Gasteiger charge is -2.06. The third-order valence-corrected chi connectivity index (χ3v) is 5.21. The molecule has 1 N–H and O–H groups in total. The van der Waals surface area contributed by atoms with Crippen molar-refractivity contribution >= 4 is 23.4 Å². The molecule has 0 saturated carbocycles. The lowest BCUT2D eigenvalue weighted by atomic mass is 10.1. The van der Waals surface area contributed by atoms with Crippen LogP contribution in [0.2, 0.25) is 0 Å². The second-order valence-electron chi connectivity index (χ2n) is 6.49. The van der Waals surface area contributed by atoms with Crippen LogP contribution in [0.25, 0.3) is 22.8 Å². The van der Waals surface area contributed by atoms with E-state index in [0.717, 1.165) is 11.1 Å². The van der Waals surface area contributed by atoms with E-state index < -0.39 is 0 Å². The van der Waals surface area contributed by atoms with Gasteiger partial charge in [-0.25, -0.2) is 9.37 Å². The third kappa shape index (κ3) is 4.72. The molecule has 2 aromatic heterocycles. The van der Waals surface area contributed by atoms with Gasteiger partial charge in [0.15, 0.2) is 0 Å². The molecule has 4 rings (SSSR count). The number of nitrogens with zero attached hydrogens (tertiary/aromatic N) is 3. The molecule has 0 radical (unpaired) electrons. The number of thioether (sulfide) groups is 1. The number of benzene rings is 2. The SMILES string of the molecule is Cc1ccc(-c2noc(-c3cccnc3SCC(=O)Nc3ccc(F)cc3)n2)cc1. The van der Waals surface area contributed by atoms with Gasteiger partial charge < -0.3 is 9.84 Å². The summed E-state index contributed by atoms with van der Waals surface area (Å²) < 4.78 is 18.4. The summed E-state index contributed by atoms with van der Waals surface area (Å²) in [6, 6.07) is 17.0. The maximum atomic E-state index is 13.0. The van der Waals surface area contributed by atoms with Crippen LogP contribution in [-0.2, 0) is 4.79 Å². The number of aromatic nitrogens is 3. The normalized spacial score (nSPS) is 10.7. The molecule has 0 saturated heterocycles. The predicted molar refractivity (Wildman–Crippen MR) is 113 cm³/mol. The molecule has 0 bridgehead atoms. The quantitative estimate of drug-likeness (QED) is 0.443. The van der Waals surface area contributed by atoms with Crippen LogP contribution in [-0.4, -0.2) is 26.8 Å². The zero-order valence-electron chi connectivity index (χ0n) is 16.0. The molecule has 1 amide bonds. The minimum absolute atomic E-state index is 0.125. The lowest BCUT2D eigenvalue weighted by Crippen LogP contribution is -2.14. The van der Waals surface area contributed by atoms with Gasteiger partial charge in [0.05, 0.1) is 11.3 Å². The van der Waals surface area contributed by atoms with E-state index in [1.54, 1.807) is 12.3 Å². The third-order valence-electron chi connectivity index (χ3n) is 4.21. The van der Waals surface area contributed by atoms with Crippen molar-refractivity contribution in [2.24, 2.45) is 0 Å². The molecule has 0 unspecified atom stereocenters. The minimum Gasteiger partial charge on any atom is -0.334 e. The summed E-state index contributed by atoms with van der Waals surface area (Å²) in [4.78, 5) is 21.1. The Kier molecular flexibility index (Phi) is 5.85. The Morgan fingerprint density at radius 2 is 1.87 bits per heavy atom. The zero-order valence-corrected chi connectivity index (χ0v) is 16.8. The van der Waals surface area contributed by atoms with Gasteiger partial charge in [-0.2, -0.15) is 4.98 Å². The molecule has 0 fully saturated rings. The van der Waals surface area contributed by atoms with Gasteiger partial charge in [-0.1, -0.05) is 46.7 Å². The minimum atomic E-state index is -0.356. The van der Waals surface area contributed by atoms with E-state index in [9.17, 15) is 9.18 Å². The van der Waals surface area contributed by atoms with Crippen LogP contribution in [0, 0.1) is 12.7 Å². The number of hydrogen-bond acceptors (Lipinski definition) is 6. The summed E-state index contributed by atoms with van der Waals surface area (Å²) in [5, 5.41) is 7.38. The van der Waals surface area contributed by atoms with Gasteiger partial charge >= 0.3 is 0 Å². The summed E-state index contributed by atoms with van der Waals surface area (Å²) in [6.45, 7) is 2.01. The van der Waals surface area contributed by atoms with E-state index in [1.807, 2.05) is 37.3 Å². The predicted octanol–water partition coefficient (Wildman–Crippen LogP) is 4.98. The number of pyridine rings is 1. The number of anilines is 1. The summed E-state index contributed by atoms with van der Waals surface area (Å²) in [5.41, 5.74) is 3.19. The van der Waals surface area contributed by atoms with Crippen molar-refractivity contribution in [2.45, 2.75) is 11.9 Å². The molecule has 8 heteroatoms. The molecule has 0 atom stereocenters. The molecule has 0 aliphatic heterocycles. The van der Waals surface area contributed by atoms with Gasteiger partial charge in [0, 0.05) is 17.4 Å². The Balaban J connectivity index is 1.47. The number of rotatable bonds is 6. The van der Waals surface area contributed by atoms with E-state index in [1.165, 1.54) is 36.0 Å². The Bertz CT molecular complexity index is 1160. The first-order valence-corrected chi connectivity index (χ1v) is 10.1. The van der Waals surface area contributed by atoms with Gasteiger partial charge in [-0.15, -0.1) is 0 Å². The van der Waals surface area contributed by atoms with E-state index in [0.29, 0.717) is 28.0 Å². The molecule has 30 heavy (non-hydrogen) atoms. The smallest absolute Gasteiger partial charge is 0.260 e. The second kappa shape index (κ2) is 8.87. The molecule has 0 spiro atoms. The highest BCUT2D eigenvalue weighted by Crippen LogP contribution is 2.30. The molecule has 2 aromatic carbocycles. The van der Waals surface area contributed by atoms with Crippen LogP contribution in [0.1, 0.15) is 5.56 Å². The molecule has 0 aliphatic rings. The van der Waals surface area contributed by atoms with Crippen molar-refractivity contribution in [2.75, 3.05) is 11.1 Å². The molecule has 150 valence electrons. The van der Waals surface area contributed by atoms with Gasteiger partial charge in [-0.05, 0) is 43.3 Å². The van der Waals surface area contributed by atoms with Crippen molar-refractivity contribution in [3.63, 3.8) is 0 Å². The number of amides is 1. The van der Waals surface area contributed by atoms with Gasteiger partial charge in [0.25, 0.3) is 5.89 Å². The molecular formula is C22H17FN4O2S. The highest BCUT2D eigenvalue weighted by molar-refractivity contribution is 8.00. The lowest BCUT2D eigenvalue weighted by molar-refractivity contribution is -0.113. The number of carbonyl (C=O) groups excluding carboxylic acids is 1. The first-order chi connectivity index (χ1) is 14.6. The fourth-order valence-corrected chi connectivity index (χ4v) is 3.47. The van der Waals surface area contributed by atoms with E-state index >= 15 is 0 Å². The molecule has 0 aliphatic carbocycles. The standard InChI is InChI=1S/C22H17FN4O2S/c1-14-4-6-15(7-5-14)20-26-21(29-27-20)18-3-2-12-24-22(18)30-13-19(28)25-17-10-8-16(23)9-11-17/h2-12H,13H2,1H3,(H,25,28). The van der Waals surface area contributed by atoms with E-state index in [4.69, 9.17) is 4.52 Å². The molecular weight excluding hydrogens is 403 g/mol. The summed E-state index contributed by atoms with van der Waals surface area (Å²) in [5.74, 6) is 0.360. The van der Waals surface area contributed by atoms with Crippen molar-refractivity contribution in [1.29, 1.82) is 0 Å². The van der Waals surface area contributed by atoms with Crippen molar-refractivity contribution in [1.82, 2.24) is 15.1 Å². The molecule has 6 nitrogen and oxygen atoms in total. The molecule has 4 aromatic rings. The van der Waals surface area contributed by atoms with Crippen molar-refractivity contribution in [3.8, 4) is 22.8 Å². The first-order valence-electron chi connectivity index (χ1n) is 9.13. The van der Waals surface area contributed by atoms with E-state index in [2.05, 4.69) is 20.4 Å². The monoisotopic (exact) mass is 420 g/mol. The number of carbonyl (C=O) groups is 1. The molecule has 2 heterocycles. The fraction of sp³-hybridized carbons (Fsp3) is 0.0909. The van der Waals surface area contributed by atoms with E-state index in [-0.39, 0.29) is 17.5 Å². The average molecular weight is 420 g/mol. The Labute approximate surface area is 176 Å². The van der Waals surface area contributed by atoms with Crippen molar-refractivity contribution < 1.29 is 13.7 Å². The Morgan fingerprint density at radius 1 is 1.10 bits per heavy atom. The maximum Gasteiger partial charge on any atom is 0.260 e. The Hall–Kier alpha value is -3.52. The zero-order chi connectivity index (χ0) is 20.9. The van der Waals surface area contributed by atoms with Gasteiger partial charge in [0.1, 0.15) is 10.8 Å². The van der Waals surface area contributed by atoms with Crippen LogP contribution in [0.3, 0.4) is 0 Å². The van der Waals surface area contributed by atoms with Crippen LogP contribution >= 0.6 is 11.8 Å². The van der Waals surface area contributed by atoms with Gasteiger partial charge in [-0.3, -0.25) is 4.79 Å². The largest absolute Gasteiger partial charge is 0.334 e. The number of aryl methyl sites for hydroxylation is 1. The number of nitrogens with one attached hydrogen (secondary N) is 1. The van der Waals surface area contributed by atoms with Crippen LogP contribution in [0.15, 0.2) is 76.4 Å².